The van der Waals surface area contributed by atoms with Crippen LogP contribution < -0.4 is 18.9 Å². The minimum Gasteiger partial charge on any atom is -0.491 e. The van der Waals surface area contributed by atoms with Gasteiger partial charge < -0.3 is 47.4 Å². The molecule has 4 aromatic carbocycles. The van der Waals surface area contributed by atoms with Gasteiger partial charge in [-0.3, -0.25) is 0 Å². The second-order valence-corrected chi connectivity index (χ2v) is 24.9. The van der Waals surface area contributed by atoms with E-state index in [1.807, 2.05) is 0 Å². The van der Waals surface area contributed by atoms with Crippen LogP contribution in [0, 0.1) is 0 Å². The normalized spacial score (nSPS) is 17.8. The maximum Gasteiger partial charge on any atom is 0.157 e. The number of hydrogen-bond donors (Lipinski definition) is 0. The number of rotatable bonds is 18. The summed E-state index contributed by atoms with van der Waals surface area (Å²) in [5.74, 6) is 3.47. The van der Waals surface area contributed by atoms with Crippen molar-refractivity contribution in [3.8, 4) is 23.0 Å². The van der Waals surface area contributed by atoms with E-state index in [0.717, 1.165) is 119 Å². The minimum absolute atomic E-state index is 0.172. The topological polar surface area (TPSA) is 92.3 Å². The Balaban J connectivity index is 1.52. The van der Waals surface area contributed by atoms with Crippen LogP contribution in [0.4, 0.5) is 0 Å². The van der Waals surface area contributed by atoms with Crippen LogP contribution in [0.1, 0.15) is 188 Å². The van der Waals surface area contributed by atoms with Crippen LogP contribution in [-0.4, -0.2) is 92.9 Å². The second kappa shape index (κ2) is 25.3. The fourth-order valence-corrected chi connectivity index (χ4v) is 10.1. The number of ether oxygens (including phenoxy) is 10. The predicted molar refractivity (Wildman–Crippen MR) is 297 cm³/mol. The van der Waals surface area contributed by atoms with Gasteiger partial charge in [0.25, 0.3) is 0 Å². The molecule has 7 rings (SSSR count). The van der Waals surface area contributed by atoms with Crippen molar-refractivity contribution < 1.29 is 47.4 Å². The minimum atomic E-state index is -0.210. The number of methoxy groups -OCH3 is 2. The molecule has 10 nitrogen and oxygen atoms in total. The van der Waals surface area contributed by atoms with Crippen LogP contribution in [0.3, 0.4) is 0 Å². The summed E-state index contributed by atoms with van der Waals surface area (Å²) in [7, 11) is 3.46. The summed E-state index contributed by atoms with van der Waals surface area (Å²) in [4.78, 5) is 0. The van der Waals surface area contributed by atoms with Crippen LogP contribution in [0.25, 0.3) is 0 Å². The molecule has 1 aliphatic carbocycles. The lowest BCUT2D eigenvalue weighted by molar-refractivity contribution is -0.165. The zero-order valence-electron chi connectivity index (χ0n) is 48.0. The molecule has 2 fully saturated rings. The summed E-state index contributed by atoms with van der Waals surface area (Å²) in [5, 5.41) is 0. The zero-order chi connectivity index (χ0) is 53.3. The van der Waals surface area contributed by atoms with E-state index in [1.54, 1.807) is 14.2 Å². The smallest absolute Gasteiger partial charge is 0.157 e. The first kappa shape index (κ1) is 57.5. The lowest BCUT2D eigenvalue weighted by Gasteiger charge is -2.29. The Morgan fingerprint density at radius 3 is 0.797 bits per heavy atom. The molecule has 0 aromatic heterocycles. The number of benzene rings is 4. The van der Waals surface area contributed by atoms with Crippen LogP contribution in [0.15, 0.2) is 48.5 Å². The van der Waals surface area contributed by atoms with Crippen molar-refractivity contribution in [3.05, 3.63) is 115 Å². The van der Waals surface area contributed by atoms with Crippen molar-refractivity contribution in [3.63, 3.8) is 0 Å². The van der Waals surface area contributed by atoms with Crippen molar-refractivity contribution in [1.29, 1.82) is 0 Å². The Morgan fingerprint density at radius 1 is 0.351 bits per heavy atom. The van der Waals surface area contributed by atoms with Gasteiger partial charge in [0, 0.05) is 53.1 Å². The molecular formula is C64H92O10. The molecule has 2 unspecified atom stereocenters. The first-order valence-electron chi connectivity index (χ1n) is 27.7. The summed E-state index contributed by atoms with van der Waals surface area (Å²) in [5.41, 5.74) is 13.0. The summed E-state index contributed by atoms with van der Waals surface area (Å²) in [6.07, 6.45) is 7.99. The Kier molecular flexibility index (Phi) is 19.7. The molecule has 4 aromatic rings. The van der Waals surface area contributed by atoms with Crippen LogP contribution >= 0.6 is 0 Å². The van der Waals surface area contributed by atoms with E-state index < -0.39 is 0 Å². The van der Waals surface area contributed by atoms with Gasteiger partial charge in [0.1, 0.15) is 49.4 Å². The van der Waals surface area contributed by atoms with Gasteiger partial charge in [-0.05, 0) is 127 Å². The SMILES string of the molecule is COCCOc1c2cc(C(C)(C)C)cc1Cc1cc(C(C)(C)C)cc(c1OCCOC1CCCCO1)Cc1cc(C(C)(C)C)cc(c1OCCOC)Cc1cc(C(C)(C)C)cc(c1OCCOC1CCCCO1)C2. The molecule has 0 N–H and O–H groups in total. The molecule has 0 radical (unpaired) electrons. The van der Waals surface area contributed by atoms with Crippen LogP contribution in [0.5, 0.6) is 23.0 Å². The Bertz CT molecular complexity index is 2180. The van der Waals surface area contributed by atoms with Crippen molar-refractivity contribution in [1.82, 2.24) is 0 Å². The quantitative estimate of drug-likeness (QED) is 0.0790. The highest BCUT2D eigenvalue weighted by molar-refractivity contribution is 5.60. The first-order chi connectivity index (χ1) is 35.1. The third kappa shape index (κ3) is 15.5. The first-order valence-corrected chi connectivity index (χ1v) is 27.7. The fourth-order valence-electron chi connectivity index (χ4n) is 10.1. The molecule has 0 amide bonds. The van der Waals surface area contributed by atoms with Crippen molar-refractivity contribution >= 4 is 0 Å². The maximum absolute atomic E-state index is 7.13. The van der Waals surface area contributed by atoms with Gasteiger partial charge >= 0.3 is 0 Å². The molecule has 2 saturated heterocycles. The molecule has 8 bridgehead atoms. The Hall–Kier alpha value is -4.16. The predicted octanol–water partition coefficient (Wildman–Crippen LogP) is 13.4. The summed E-state index contributed by atoms with van der Waals surface area (Å²) in [6.45, 7) is 32.3. The van der Waals surface area contributed by atoms with Crippen molar-refractivity contribution in [2.75, 3.05) is 80.3 Å². The van der Waals surface area contributed by atoms with Crippen LogP contribution in [-0.2, 0) is 75.8 Å². The molecule has 2 aliphatic heterocycles. The van der Waals surface area contributed by atoms with E-state index >= 15 is 0 Å². The van der Waals surface area contributed by atoms with E-state index in [4.69, 9.17) is 47.4 Å². The molecule has 0 spiro atoms. The molecule has 2 heterocycles. The highest BCUT2D eigenvalue weighted by atomic mass is 16.7. The van der Waals surface area contributed by atoms with E-state index in [1.165, 1.54) is 22.3 Å². The Labute approximate surface area is 445 Å². The lowest BCUT2D eigenvalue weighted by atomic mass is 9.79. The second-order valence-electron chi connectivity index (χ2n) is 24.9. The van der Waals surface area contributed by atoms with Gasteiger partial charge in [-0.1, -0.05) is 132 Å². The highest BCUT2D eigenvalue weighted by Crippen LogP contribution is 2.44. The van der Waals surface area contributed by atoms with Gasteiger partial charge in [-0.2, -0.15) is 0 Å². The molecular weight excluding hydrogens is 929 g/mol. The number of hydrogen-bond acceptors (Lipinski definition) is 10. The molecule has 408 valence electrons. The molecule has 10 heteroatoms. The third-order valence-electron chi connectivity index (χ3n) is 14.6. The van der Waals surface area contributed by atoms with Gasteiger partial charge in [-0.15, -0.1) is 0 Å². The molecule has 74 heavy (non-hydrogen) atoms. The Morgan fingerprint density at radius 2 is 0.595 bits per heavy atom. The monoisotopic (exact) mass is 1020 g/mol. The van der Waals surface area contributed by atoms with Gasteiger partial charge in [-0.25, -0.2) is 0 Å². The van der Waals surface area contributed by atoms with Gasteiger partial charge in [0.15, 0.2) is 12.6 Å². The van der Waals surface area contributed by atoms with E-state index in [2.05, 4.69) is 132 Å². The standard InChI is InChI=1S/C64H92O10/c1-61(2,3)51-35-43-31-47-39-53(63(7,8)9)41-49(59(47)73-29-27-69-55-19-15-17-21-67-55)33-45-37-52(62(4,5)6)38-46(58(45)72-26-24-66-14)34-50-42-54(64(10,11)12)40-48(32-44(36-51)57(43)71-25-23-65-13)60(50)74-30-28-70-56-20-16-18-22-68-56/h35-42,55-56H,15-34H2,1-14H3. The van der Waals surface area contributed by atoms with Gasteiger partial charge in [0.05, 0.1) is 26.4 Å². The van der Waals surface area contributed by atoms with E-state index in [-0.39, 0.29) is 34.2 Å². The molecule has 3 aliphatic rings. The summed E-state index contributed by atoms with van der Waals surface area (Å²) >= 11 is 0. The van der Waals surface area contributed by atoms with Crippen LogP contribution in [0.2, 0.25) is 0 Å². The molecule has 2 atom stereocenters. The summed E-state index contributed by atoms with van der Waals surface area (Å²) in [6, 6.07) is 18.9. The average molecular weight is 1020 g/mol. The van der Waals surface area contributed by atoms with Crippen molar-refractivity contribution in [2.45, 2.75) is 182 Å². The zero-order valence-corrected chi connectivity index (χ0v) is 48.0. The maximum atomic E-state index is 7.13. The number of fused-ring (bicyclic) bond motifs is 8. The van der Waals surface area contributed by atoms with E-state index in [9.17, 15) is 0 Å². The van der Waals surface area contributed by atoms with Gasteiger partial charge in [0.2, 0.25) is 0 Å². The van der Waals surface area contributed by atoms with E-state index in [0.29, 0.717) is 78.5 Å². The molecule has 0 saturated carbocycles. The summed E-state index contributed by atoms with van der Waals surface area (Å²) < 4.78 is 64.2. The third-order valence-corrected chi connectivity index (χ3v) is 14.6. The average Bonchev–Trinajstić information content (AvgIpc) is 3.33. The fraction of sp³-hybridized carbons (Fsp3) is 0.625. The van der Waals surface area contributed by atoms with Crippen molar-refractivity contribution in [2.24, 2.45) is 0 Å². The largest absolute Gasteiger partial charge is 0.491 e. The lowest BCUT2D eigenvalue weighted by Crippen LogP contribution is -2.24. The highest BCUT2D eigenvalue weighted by Gasteiger charge is 2.30.